The van der Waals surface area contributed by atoms with Crippen LogP contribution < -0.4 is 0 Å². The Hall–Kier alpha value is -2.86. The van der Waals surface area contributed by atoms with E-state index in [9.17, 15) is 4.39 Å². The van der Waals surface area contributed by atoms with Crippen LogP contribution in [-0.2, 0) is 6.54 Å². The van der Waals surface area contributed by atoms with E-state index < -0.39 is 0 Å². The van der Waals surface area contributed by atoms with Crippen LogP contribution in [0.5, 0.6) is 0 Å². The molecule has 0 bridgehead atoms. The summed E-state index contributed by atoms with van der Waals surface area (Å²) in [6.45, 7) is 0.354. The van der Waals surface area contributed by atoms with Gasteiger partial charge in [0, 0.05) is 18.0 Å². The number of hydrogen-bond acceptors (Lipinski definition) is 4. The average molecular weight is 336 g/mol. The van der Waals surface area contributed by atoms with Crippen LogP contribution in [0, 0.1) is 5.82 Å². The third-order valence-electron chi connectivity index (χ3n) is 3.67. The Morgan fingerprint density at radius 2 is 1.92 bits per heavy atom. The van der Waals surface area contributed by atoms with Gasteiger partial charge in [-0.3, -0.25) is 14.6 Å². The van der Waals surface area contributed by atoms with E-state index in [1.165, 1.54) is 17.4 Å². The van der Waals surface area contributed by atoms with E-state index in [-0.39, 0.29) is 5.82 Å². The van der Waals surface area contributed by atoms with Gasteiger partial charge in [0.1, 0.15) is 11.5 Å². The Balaban J connectivity index is 1.80. The number of rotatable bonds is 4. The lowest BCUT2D eigenvalue weighted by atomic mass is 10.2. The van der Waals surface area contributed by atoms with Gasteiger partial charge in [0.2, 0.25) is 0 Å². The van der Waals surface area contributed by atoms with Gasteiger partial charge in [-0.05, 0) is 24.3 Å². The minimum Gasteiger partial charge on any atom is -0.259 e. The molecule has 0 aliphatic carbocycles. The molecule has 4 aromatic rings. The number of halogens is 1. The van der Waals surface area contributed by atoms with Crippen molar-refractivity contribution in [1.29, 1.82) is 0 Å². The highest BCUT2D eigenvalue weighted by molar-refractivity contribution is 7.13. The Morgan fingerprint density at radius 3 is 2.67 bits per heavy atom. The molecule has 0 saturated carbocycles. The van der Waals surface area contributed by atoms with Crippen molar-refractivity contribution < 1.29 is 4.39 Å². The van der Waals surface area contributed by atoms with Gasteiger partial charge in [0.25, 0.3) is 0 Å². The van der Waals surface area contributed by atoms with E-state index in [1.54, 1.807) is 34.7 Å². The monoisotopic (exact) mass is 336 g/mol. The van der Waals surface area contributed by atoms with E-state index in [0.717, 1.165) is 22.0 Å². The molecule has 0 atom stereocenters. The summed E-state index contributed by atoms with van der Waals surface area (Å²) in [6.07, 6.45) is 3.53. The van der Waals surface area contributed by atoms with Crippen molar-refractivity contribution in [3.05, 3.63) is 77.8 Å². The minimum absolute atomic E-state index is 0.234. The van der Waals surface area contributed by atoms with E-state index in [2.05, 4.69) is 15.1 Å². The maximum Gasteiger partial charge on any atom is 0.128 e. The molecule has 118 valence electrons. The van der Waals surface area contributed by atoms with E-state index in [4.69, 9.17) is 0 Å². The topological polar surface area (TPSA) is 43.6 Å². The molecule has 0 N–H and O–H groups in total. The predicted octanol–water partition coefficient (Wildman–Crippen LogP) is 4.26. The SMILES string of the molecule is Fc1ccccc1Cn1nc(-c2ccccn2)cc1-c1cncs1. The second-order valence-corrected chi connectivity index (χ2v) is 6.13. The third kappa shape index (κ3) is 2.83. The second kappa shape index (κ2) is 6.33. The van der Waals surface area contributed by atoms with Crippen molar-refractivity contribution in [3.8, 4) is 22.0 Å². The van der Waals surface area contributed by atoms with Crippen molar-refractivity contribution in [2.75, 3.05) is 0 Å². The number of aromatic nitrogens is 4. The van der Waals surface area contributed by atoms with Crippen LogP contribution in [0.25, 0.3) is 22.0 Å². The van der Waals surface area contributed by atoms with E-state index >= 15 is 0 Å². The number of nitrogens with zero attached hydrogens (tertiary/aromatic N) is 4. The highest BCUT2D eigenvalue weighted by atomic mass is 32.1. The van der Waals surface area contributed by atoms with Gasteiger partial charge < -0.3 is 0 Å². The first-order chi connectivity index (χ1) is 11.8. The summed E-state index contributed by atoms with van der Waals surface area (Å²) in [5.74, 6) is -0.234. The molecular weight excluding hydrogens is 323 g/mol. The van der Waals surface area contributed by atoms with E-state index in [0.29, 0.717) is 12.1 Å². The van der Waals surface area contributed by atoms with Crippen LogP contribution >= 0.6 is 11.3 Å². The molecule has 0 unspecified atom stereocenters. The van der Waals surface area contributed by atoms with Gasteiger partial charge in [-0.1, -0.05) is 24.3 Å². The zero-order chi connectivity index (χ0) is 16.4. The minimum atomic E-state index is -0.234. The van der Waals surface area contributed by atoms with Crippen LogP contribution in [0.3, 0.4) is 0 Å². The van der Waals surface area contributed by atoms with Crippen molar-refractivity contribution in [1.82, 2.24) is 19.7 Å². The molecule has 0 fully saturated rings. The quantitative estimate of drug-likeness (QED) is 0.559. The summed E-state index contributed by atoms with van der Waals surface area (Å²) in [6, 6.07) is 14.4. The number of hydrogen-bond donors (Lipinski definition) is 0. The molecule has 0 radical (unpaired) electrons. The lowest BCUT2D eigenvalue weighted by Gasteiger charge is -2.07. The van der Waals surface area contributed by atoms with Crippen molar-refractivity contribution in [2.24, 2.45) is 0 Å². The number of thiazole rings is 1. The fourth-order valence-electron chi connectivity index (χ4n) is 2.51. The highest BCUT2D eigenvalue weighted by Crippen LogP contribution is 2.28. The van der Waals surface area contributed by atoms with Crippen molar-refractivity contribution in [2.45, 2.75) is 6.54 Å². The molecule has 0 spiro atoms. The third-order valence-corrected chi connectivity index (χ3v) is 4.47. The normalized spacial score (nSPS) is 10.9. The molecule has 0 aliphatic heterocycles. The Kier molecular flexibility index (Phi) is 3.88. The summed E-state index contributed by atoms with van der Waals surface area (Å²) >= 11 is 1.53. The summed E-state index contributed by atoms with van der Waals surface area (Å²) in [4.78, 5) is 9.47. The van der Waals surface area contributed by atoms with Gasteiger partial charge in [0.05, 0.1) is 28.3 Å². The van der Waals surface area contributed by atoms with Crippen LogP contribution in [0.4, 0.5) is 4.39 Å². The molecular formula is C18H13FN4S. The molecule has 1 aromatic carbocycles. The summed E-state index contributed by atoms with van der Waals surface area (Å²) in [5, 5.41) is 4.64. The first kappa shape index (κ1) is 14.7. The summed E-state index contributed by atoms with van der Waals surface area (Å²) in [5.41, 5.74) is 4.82. The number of benzene rings is 1. The van der Waals surface area contributed by atoms with Crippen LogP contribution in [-0.4, -0.2) is 19.7 Å². The summed E-state index contributed by atoms with van der Waals surface area (Å²) in [7, 11) is 0. The largest absolute Gasteiger partial charge is 0.259 e. The molecule has 6 heteroatoms. The fourth-order valence-corrected chi connectivity index (χ4v) is 3.15. The number of pyridine rings is 1. The Labute approximate surface area is 142 Å². The van der Waals surface area contributed by atoms with Gasteiger partial charge in [-0.2, -0.15) is 5.10 Å². The van der Waals surface area contributed by atoms with E-state index in [1.807, 2.05) is 30.3 Å². The summed E-state index contributed by atoms with van der Waals surface area (Å²) < 4.78 is 15.8. The molecule has 0 saturated heterocycles. The fraction of sp³-hybridized carbons (Fsp3) is 0.0556. The van der Waals surface area contributed by atoms with Crippen LogP contribution in [0.1, 0.15) is 5.56 Å². The Bertz CT molecular complexity index is 948. The van der Waals surface area contributed by atoms with Crippen molar-refractivity contribution >= 4 is 11.3 Å². The van der Waals surface area contributed by atoms with Gasteiger partial charge in [-0.25, -0.2) is 4.39 Å². The molecule has 3 aromatic heterocycles. The van der Waals surface area contributed by atoms with Crippen LogP contribution in [0.2, 0.25) is 0 Å². The average Bonchev–Trinajstić information content (AvgIpc) is 3.27. The maximum absolute atomic E-state index is 14.0. The lowest BCUT2D eigenvalue weighted by molar-refractivity contribution is 0.587. The maximum atomic E-state index is 14.0. The molecule has 0 aliphatic rings. The van der Waals surface area contributed by atoms with Gasteiger partial charge in [0.15, 0.2) is 0 Å². The lowest BCUT2D eigenvalue weighted by Crippen LogP contribution is -2.05. The predicted molar refractivity (Wildman–Crippen MR) is 92.1 cm³/mol. The second-order valence-electron chi connectivity index (χ2n) is 5.24. The Morgan fingerprint density at radius 1 is 1.04 bits per heavy atom. The zero-order valence-corrected chi connectivity index (χ0v) is 13.4. The molecule has 4 nitrogen and oxygen atoms in total. The van der Waals surface area contributed by atoms with Crippen LogP contribution in [0.15, 0.2) is 66.4 Å². The highest BCUT2D eigenvalue weighted by Gasteiger charge is 2.14. The first-order valence-electron chi connectivity index (χ1n) is 7.43. The molecule has 4 rings (SSSR count). The van der Waals surface area contributed by atoms with Gasteiger partial charge in [-0.15, -0.1) is 11.3 Å². The smallest absolute Gasteiger partial charge is 0.128 e. The molecule has 3 heterocycles. The standard InChI is InChI=1S/C18H13FN4S/c19-14-6-2-1-5-13(14)11-23-17(18-10-20-12-24-18)9-16(22-23)15-7-3-4-8-21-15/h1-10,12H,11H2. The molecule has 24 heavy (non-hydrogen) atoms. The first-order valence-corrected chi connectivity index (χ1v) is 8.31. The van der Waals surface area contributed by atoms with Crippen molar-refractivity contribution in [3.63, 3.8) is 0 Å². The zero-order valence-electron chi connectivity index (χ0n) is 12.6. The molecule has 0 amide bonds. The van der Waals surface area contributed by atoms with Gasteiger partial charge >= 0.3 is 0 Å².